The number of thiazole rings is 1. The van der Waals surface area contributed by atoms with Crippen molar-refractivity contribution in [2.24, 2.45) is 0 Å². The highest BCUT2D eigenvalue weighted by molar-refractivity contribution is 7.22. The van der Waals surface area contributed by atoms with E-state index in [-0.39, 0.29) is 11.9 Å². The molecular weight excluding hydrogens is 426 g/mol. The molecule has 1 aliphatic heterocycles. The number of anilines is 1. The van der Waals surface area contributed by atoms with Crippen LogP contribution in [0.2, 0.25) is 0 Å². The summed E-state index contributed by atoms with van der Waals surface area (Å²) in [4.78, 5) is 22.7. The van der Waals surface area contributed by atoms with Crippen LogP contribution in [0, 0.1) is 6.92 Å². The van der Waals surface area contributed by atoms with Crippen LogP contribution in [0.3, 0.4) is 0 Å². The average molecular weight is 458 g/mol. The number of carbonyl (C=O) groups excluding carboxylic acids is 1. The topological polar surface area (TPSA) is 72.7 Å². The van der Waals surface area contributed by atoms with Crippen molar-refractivity contribution < 1.29 is 14.3 Å². The summed E-state index contributed by atoms with van der Waals surface area (Å²) in [5.41, 5.74) is 2.29. The van der Waals surface area contributed by atoms with Crippen molar-refractivity contribution in [1.82, 2.24) is 19.7 Å². The smallest absolute Gasteiger partial charge is 0.278 e. The van der Waals surface area contributed by atoms with E-state index in [0.29, 0.717) is 24.0 Å². The number of morpholine rings is 1. The molecule has 1 aromatic carbocycles. The van der Waals surface area contributed by atoms with E-state index in [4.69, 9.17) is 14.5 Å². The van der Waals surface area contributed by atoms with Gasteiger partial charge in [0.15, 0.2) is 5.13 Å². The fourth-order valence-corrected chi connectivity index (χ4v) is 4.84. The maximum atomic E-state index is 13.8. The summed E-state index contributed by atoms with van der Waals surface area (Å²) in [6.07, 6.45) is 0. The lowest BCUT2D eigenvalue weighted by atomic mass is 10.3. The number of aromatic nitrogens is 3. The predicted molar refractivity (Wildman–Crippen MR) is 127 cm³/mol. The number of nitrogens with zero attached hydrogens (tertiary/aromatic N) is 5. The van der Waals surface area contributed by atoms with Gasteiger partial charge >= 0.3 is 0 Å². The quantitative estimate of drug-likeness (QED) is 0.513. The minimum Gasteiger partial charge on any atom is -0.494 e. The first-order valence-corrected chi connectivity index (χ1v) is 12.0. The summed E-state index contributed by atoms with van der Waals surface area (Å²) >= 11 is 1.52. The molecule has 0 spiro atoms. The standard InChI is InChI=1S/C23H31N5O3S/c1-5-31-18-6-7-19-21(15-18)32-23(24-19)27(9-8-26-10-12-30-13-11-26)22(29)20-14-17(4)25-28(20)16(2)3/h6-7,14-16H,5,8-13H2,1-4H3. The Morgan fingerprint density at radius 2 is 2.06 bits per heavy atom. The molecule has 2 aromatic heterocycles. The molecule has 8 nitrogen and oxygen atoms in total. The van der Waals surface area contributed by atoms with Crippen LogP contribution in [0.15, 0.2) is 24.3 Å². The van der Waals surface area contributed by atoms with Crippen molar-refractivity contribution in [3.8, 4) is 5.75 Å². The van der Waals surface area contributed by atoms with Crippen molar-refractivity contribution in [1.29, 1.82) is 0 Å². The lowest BCUT2D eigenvalue weighted by molar-refractivity contribution is 0.0391. The van der Waals surface area contributed by atoms with Gasteiger partial charge in [0, 0.05) is 32.2 Å². The van der Waals surface area contributed by atoms with Gasteiger partial charge in [-0.05, 0) is 52.0 Å². The summed E-state index contributed by atoms with van der Waals surface area (Å²) in [7, 11) is 0. The van der Waals surface area contributed by atoms with Crippen LogP contribution in [0.25, 0.3) is 10.2 Å². The Kier molecular flexibility index (Phi) is 7.07. The summed E-state index contributed by atoms with van der Waals surface area (Å²) in [5, 5.41) is 5.24. The Bertz CT molecular complexity index is 1070. The highest BCUT2D eigenvalue weighted by Crippen LogP contribution is 2.32. The summed E-state index contributed by atoms with van der Waals surface area (Å²) in [6, 6.07) is 7.82. The van der Waals surface area contributed by atoms with E-state index in [1.165, 1.54) is 11.3 Å². The Morgan fingerprint density at radius 1 is 1.28 bits per heavy atom. The van der Waals surface area contributed by atoms with Gasteiger partial charge in [-0.3, -0.25) is 19.3 Å². The van der Waals surface area contributed by atoms with E-state index in [1.54, 1.807) is 9.58 Å². The molecule has 1 amide bonds. The molecule has 3 aromatic rings. The molecular formula is C23H31N5O3S. The second-order valence-corrected chi connectivity index (χ2v) is 9.19. The minimum atomic E-state index is -0.0725. The lowest BCUT2D eigenvalue weighted by Gasteiger charge is -2.29. The summed E-state index contributed by atoms with van der Waals surface area (Å²) in [5.74, 6) is 0.742. The SMILES string of the molecule is CCOc1ccc2nc(N(CCN3CCOCC3)C(=O)c3cc(C)nn3C(C)C)sc2c1. The molecule has 3 heterocycles. The van der Waals surface area contributed by atoms with Crippen molar-refractivity contribution in [3.05, 3.63) is 35.7 Å². The molecule has 4 rings (SSSR count). The molecule has 1 aliphatic rings. The molecule has 9 heteroatoms. The monoisotopic (exact) mass is 457 g/mol. The largest absolute Gasteiger partial charge is 0.494 e. The minimum absolute atomic E-state index is 0.0725. The highest BCUT2D eigenvalue weighted by Gasteiger charge is 2.26. The van der Waals surface area contributed by atoms with Crippen molar-refractivity contribution >= 4 is 32.6 Å². The zero-order valence-corrected chi connectivity index (χ0v) is 20.0. The van der Waals surface area contributed by atoms with Crippen LogP contribution in [0.4, 0.5) is 5.13 Å². The molecule has 0 N–H and O–H groups in total. The second-order valence-electron chi connectivity index (χ2n) is 8.18. The zero-order chi connectivity index (χ0) is 22.7. The maximum Gasteiger partial charge on any atom is 0.278 e. The summed E-state index contributed by atoms with van der Waals surface area (Å²) < 4.78 is 13.9. The van der Waals surface area contributed by atoms with Crippen LogP contribution >= 0.6 is 11.3 Å². The van der Waals surface area contributed by atoms with E-state index >= 15 is 0 Å². The molecule has 0 saturated carbocycles. The third-order valence-corrected chi connectivity index (χ3v) is 6.49. The Labute approximate surface area is 192 Å². The van der Waals surface area contributed by atoms with Gasteiger partial charge in [-0.2, -0.15) is 5.10 Å². The number of fused-ring (bicyclic) bond motifs is 1. The molecule has 172 valence electrons. The lowest BCUT2D eigenvalue weighted by Crippen LogP contribution is -2.43. The number of amides is 1. The van der Waals surface area contributed by atoms with Crippen molar-refractivity contribution in [3.63, 3.8) is 0 Å². The van der Waals surface area contributed by atoms with Crippen LogP contribution in [-0.2, 0) is 4.74 Å². The average Bonchev–Trinajstić information content (AvgIpc) is 3.38. The normalized spacial score (nSPS) is 14.9. The number of ether oxygens (including phenoxy) is 2. The van der Waals surface area contributed by atoms with Gasteiger partial charge in [0.2, 0.25) is 0 Å². The van der Waals surface area contributed by atoms with Crippen LogP contribution in [0.1, 0.15) is 43.0 Å². The van der Waals surface area contributed by atoms with Gasteiger partial charge in [0.05, 0.1) is 35.7 Å². The fraction of sp³-hybridized carbons (Fsp3) is 0.522. The number of rotatable bonds is 8. The molecule has 1 fully saturated rings. The van der Waals surface area contributed by atoms with Gasteiger partial charge in [-0.25, -0.2) is 4.98 Å². The van der Waals surface area contributed by atoms with Gasteiger partial charge in [-0.1, -0.05) is 11.3 Å². The first-order chi connectivity index (χ1) is 15.5. The van der Waals surface area contributed by atoms with Gasteiger partial charge in [0.25, 0.3) is 5.91 Å². The maximum absolute atomic E-state index is 13.8. The third-order valence-electron chi connectivity index (χ3n) is 5.45. The first kappa shape index (κ1) is 22.7. The molecule has 0 aliphatic carbocycles. The Morgan fingerprint density at radius 3 is 2.78 bits per heavy atom. The third kappa shape index (κ3) is 4.95. The van der Waals surface area contributed by atoms with Gasteiger partial charge < -0.3 is 9.47 Å². The predicted octanol–water partition coefficient (Wildman–Crippen LogP) is 3.76. The number of aryl methyl sites for hydroxylation is 1. The van der Waals surface area contributed by atoms with Gasteiger partial charge in [0.1, 0.15) is 11.4 Å². The van der Waals surface area contributed by atoms with Crippen molar-refractivity contribution in [2.45, 2.75) is 33.7 Å². The molecule has 0 bridgehead atoms. The van der Waals surface area contributed by atoms with Crippen LogP contribution < -0.4 is 9.64 Å². The molecule has 32 heavy (non-hydrogen) atoms. The van der Waals surface area contributed by atoms with Crippen LogP contribution in [-0.4, -0.2) is 71.6 Å². The number of hydrogen-bond acceptors (Lipinski definition) is 7. The zero-order valence-electron chi connectivity index (χ0n) is 19.2. The van der Waals surface area contributed by atoms with E-state index in [1.807, 2.05) is 52.0 Å². The number of hydrogen-bond donors (Lipinski definition) is 0. The van der Waals surface area contributed by atoms with Crippen LogP contribution in [0.5, 0.6) is 5.75 Å². The highest BCUT2D eigenvalue weighted by atomic mass is 32.1. The van der Waals surface area contributed by atoms with E-state index in [9.17, 15) is 4.79 Å². The van der Waals surface area contributed by atoms with E-state index < -0.39 is 0 Å². The Balaban J connectivity index is 1.67. The fourth-order valence-electron chi connectivity index (χ4n) is 3.82. The molecule has 0 unspecified atom stereocenters. The number of carbonyl (C=O) groups is 1. The van der Waals surface area contributed by atoms with E-state index in [0.717, 1.165) is 54.5 Å². The molecule has 1 saturated heterocycles. The molecule has 0 radical (unpaired) electrons. The van der Waals surface area contributed by atoms with Crippen molar-refractivity contribution in [2.75, 3.05) is 50.9 Å². The Hall–Kier alpha value is -2.49. The second kappa shape index (κ2) is 9.97. The van der Waals surface area contributed by atoms with E-state index in [2.05, 4.69) is 10.00 Å². The summed E-state index contributed by atoms with van der Waals surface area (Å²) in [6.45, 7) is 13.1. The first-order valence-electron chi connectivity index (χ1n) is 11.2. The number of benzene rings is 1. The van der Waals surface area contributed by atoms with Gasteiger partial charge in [-0.15, -0.1) is 0 Å². The molecule has 0 atom stereocenters.